The first kappa shape index (κ1) is 14.9. The SMILES string of the molecule is COc1cc(Nc2ccc(C(N)=S)cc2Cl)ccc1Cl. The van der Waals surface area contributed by atoms with Crippen molar-refractivity contribution in [3.05, 3.63) is 52.0 Å². The molecule has 2 rings (SSSR count). The fraction of sp³-hybridized carbons (Fsp3) is 0.0714. The largest absolute Gasteiger partial charge is 0.495 e. The maximum Gasteiger partial charge on any atom is 0.139 e. The number of halogens is 2. The highest BCUT2D eigenvalue weighted by atomic mass is 35.5. The molecular formula is C14H12Cl2N2OS. The molecule has 2 aromatic rings. The molecule has 0 saturated carbocycles. The Morgan fingerprint density at radius 3 is 2.50 bits per heavy atom. The van der Waals surface area contributed by atoms with Crippen LogP contribution in [0.4, 0.5) is 11.4 Å². The molecule has 0 heterocycles. The third-order valence-electron chi connectivity index (χ3n) is 2.68. The fourth-order valence-electron chi connectivity index (χ4n) is 1.66. The molecule has 0 aliphatic heterocycles. The first-order chi connectivity index (χ1) is 9.51. The second kappa shape index (κ2) is 6.31. The van der Waals surface area contributed by atoms with Gasteiger partial charge in [0.1, 0.15) is 10.7 Å². The van der Waals surface area contributed by atoms with Crippen LogP contribution in [0, 0.1) is 0 Å². The Kier molecular flexibility index (Phi) is 4.70. The Morgan fingerprint density at radius 2 is 1.90 bits per heavy atom. The number of ether oxygens (including phenoxy) is 1. The Labute approximate surface area is 132 Å². The normalized spacial score (nSPS) is 10.2. The number of methoxy groups -OCH3 is 1. The molecule has 0 aromatic heterocycles. The summed E-state index contributed by atoms with van der Waals surface area (Å²) in [6, 6.07) is 10.7. The van der Waals surface area contributed by atoms with Crippen LogP contribution in [-0.4, -0.2) is 12.1 Å². The molecule has 20 heavy (non-hydrogen) atoms. The molecule has 104 valence electrons. The number of thiocarbonyl (C=S) groups is 1. The third kappa shape index (κ3) is 3.33. The first-order valence-corrected chi connectivity index (χ1v) is 6.87. The van der Waals surface area contributed by atoms with Crippen molar-refractivity contribution in [3.8, 4) is 5.75 Å². The molecule has 0 bridgehead atoms. The van der Waals surface area contributed by atoms with E-state index in [1.54, 1.807) is 25.3 Å². The zero-order valence-corrected chi connectivity index (χ0v) is 12.9. The van der Waals surface area contributed by atoms with Crippen molar-refractivity contribution in [1.29, 1.82) is 0 Å². The van der Waals surface area contributed by atoms with Crippen molar-refractivity contribution in [2.24, 2.45) is 5.73 Å². The van der Waals surface area contributed by atoms with Gasteiger partial charge < -0.3 is 15.8 Å². The third-order valence-corrected chi connectivity index (χ3v) is 3.54. The number of nitrogens with one attached hydrogen (secondary N) is 1. The van der Waals surface area contributed by atoms with Gasteiger partial charge in [0, 0.05) is 17.3 Å². The molecule has 2 aromatic carbocycles. The summed E-state index contributed by atoms with van der Waals surface area (Å²) < 4.78 is 5.17. The summed E-state index contributed by atoms with van der Waals surface area (Å²) in [4.78, 5) is 0.312. The summed E-state index contributed by atoms with van der Waals surface area (Å²) >= 11 is 17.1. The van der Waals surface area contributed by atoms with E-state index in [9.17, 15) is 0 Å². The minimum Gasteiger partial charge on any atom is -0.495 e. The highest BCUT2D eigenvalue weighted by molar-refractivity contribution is 7.80. The Morgan fingerprint density at radius 1 is 1.15 bits per heavy atom. The molecule has 0 aliphatic carbocycles. The van der Waals surface area contributed by atoms with Gasteiger partial charge in [0.25, 0.3) is 0 Å². The van der Waals surface area contributed by atoms with Gasteiger partial charge in [-0.25, -0.2) is 0 Å². The summed E-state index contributed by atoms with van der Waals surface area (Å²) in [5.41, 5.74) is 7.85. The highest BCUT2D eigenvalue weighted by Gasteiger charge is 2.06. The maximum atomic E-state index is 6.19. The lowest BCUT2D eigenvalue weighted by Crippen LogP contribution is -2.09. The van der Waals surface area contributed by atoms with E-state index >= 15 is 0 Å². The average molecular weight is 327 g/mol. The van der Waals surface area contributed by atoms with Crippen LogP contribution >= 0.6 is 35.4 Å². The molecular weight excluding hydrogens is 315 g/mol. The molecule has 0 saturated heterocycles. The number of nitrogens with two attached hydrogens (primary N) is 1. The Hall–Kier alpha value is -1.49. The van der Waals surface area contributed by atoms with E-state index in [4.69, 9.17) is 45.9 Å². The lowest BCUT2D eigenvalue weighted by atomic mass is 10.2. The van der Waals surface area contributed by atoms with E-state index in [-0.39, 0.29) is 0 Å². The second-order valence-corrected chi connectivity index (χ2v) is 5.29. The quantitative estimate of drug-likeness (QED) is 0.818. The molecule has 0 radical (unpaired) electrons. The second-order valence-electron chi connectivity index (χ2n) is 4.03. The summed E-state index contributed by atoms with van der Waals surface area (Å²) in [7, 11) is 1.56. The minimum atomic E-state index is 0.312. The van der Waals surface area contributed by atoms with E-state index in [2.05, 4.69) is 5.32 Å². The van der Waals surface area contributed by atoms with Crippen molar-refractivity contribution in [1.82, 2.24) is 0 Å². The molecule has 0 unspecified atom stereocenters. The zero-order chi connectivity index (χ0) is 14.7. The molecule has 0 fully saturated rings. The predicted octanol–water partition coefficient (Wildman–Crippen LogP) is 4.38. The van der Waals surface area contributed by atoms with Crippen LogP contribution < -0.4 is 15.8 Å². The van der Waals surface area contributed by atoms with Crippen LogP contribution in [0.1, 0.15) is 5.56 Å². The number of rotatable bonds is 4. The van der Waals surface area contributed by atoms with E-state index in [1.807, 2.05) is 18.2 Å². The lowest BCUT2D eigenvalue weighted by Gasteiger charge is -2.11. The summed E-state index contributed by atoms with van der Waals surface area (Å²) in [6.07, 6.45) is 0. The molecule has 3 nitrogen and oxygen atoms in total. The zero-order valence-electron chi connectivity index (χ0n) is 10.6. The number of anilines is 2. The van der Waals surface area contributed by atoms with Gasteiger partial charge in [-0.1, -0.05) is 35.4 Å². The van der Waals surface area contributed by atoms with Crippen molar-refractivity contribution in [2.75, 3.05) is 12.4 Å². The van der Waals surface area contributed by atoms with E-state index in [0.29, 0.717) is 20.8 Å². The van der Waals surface area contributed by atoms with Crippen LogP contribution in [0.5, 0.6) is 5.75 Å². The van der Waals surface area contributed by atoms with Gasteiger partial charge in [-0.3, -0.25) is 0 Å². The molecule has 0 atom stereocenters. The topological polar surface area (TPSA) is 47.3 Å². The van der Waals surface area contributed by atoms with E-state index in [1.165, 1.54) is 0 Å². The van der Waals surface area contributed by atoms with Crippen molar-refractivity contribution < 1.29 is 4.74 Å². The summed E-state index contributed by atoms with van der Waals surface area (Å²) in [5, 5.41) is 4.27. The number of hydrogen-bond acceptors (Lipinski definition) is 3. The average Bonchev–Trinajstić information content (AvgIpc) is 2.42. The standard InChI is InChI=1S/C14H12Cl2N2OS/c1-19-13-7-9(3-4-10(13)15)18-12-5-2-8(14(17)20)6-11(12)16/h2-7,18H,1H3,(H2,17,20). The van der Waals surface area contributed by atoms with Crippen molar-refractivity contribution in [2.45, 2.75) is 0 Å². The number of hydrogen-bond donors (Lipinski definition) is 2. The van der Waals surface area contributed by atoms with Crippen LogP contribution in [0.25, 0.3) is 0 Å². The van der Waals surface area contributed by atoms with Crippen LogP contribution in [-0.2, 0) is 0 Å². The summed E-state index contributed by atoms with van der Waals surface area (Å²) in [6.45, 7) is 0. The number of benzene rings is 2. The molecule has 0 amide bonds. The van der Waals surface area contributed by atoms with E-state index in [0.717, 1.165) is 16.9 Å². The van der Waals surface area contributed by atoms with Crippen LogP contribution in [0.2, 0.25) is 10.0 Å². The molecule has 0 spiro atoms. The monoisotopic (exact) mass is 326 g/mol. The maximum absolute atomic E-state index is 6.19. The van der Waals surface area contributed by atoms with Crippen molar-refractivity contribution in [3.63, 3.8) is 0 Å². The lowest BCUT2D eigenvalue weighted by molar-refractivity contribution is 0.415. The van der Waals surface area contributed by atoms with Gasteiger partial charge in [0.15, 0.2) is 0 Å². The molecule has 6 heteroatoms. The summed E-state index contributed by atoms with van der Waals surface area (Å²) in [5.74, 6) is 0.590. The highest BCUT2D eigenvalue weighted by Crippen LogP contribution is 2.31. The van der Waals surface area contributed by atoms with Gasteiger partial charge in [-0.15, -0.1) is 0 Å². The molecule has 3 N–H and O–H groups in total. The van der Waals surface area contributed by atoms with Gasteiger partial charge >= 0.3 is 0 Å². The minimum absolute atomic E-state index is 0.312. The van der Waals surface area contributed by atoms with Crippen LogP contribution in [0.3, 0.4) is 0 Å². The Balaban J connectivity index is 2.28. The van der Waals surface area contributed by atoms with Gasteiger partial charge in [0.2, 0.25) is 0 Å². The first-order valence-electron chi connectivity index (χ1n) is 5.71. The predicted molar refractivity (Wildman–Crippen MR) is 88.6 cm³/mol. The Bertz CT molecular complexity index is 662. The van der Waals surface area contributed by atoms with E-state index < -0.39 is 0 Å². The molecule has 0 aliphatic rings. The smallest absolute Gasteiger partial charge is 0.139 e. The van der Waals surface area contributed by atoms with Crippen molar-refractivity contribution >= 4 is 51.8 Å². The van der Waals surface area contributed by atoms with Crippen LogP contribution in [0.15, 0.2) is 36.4 Å². The van der Waals surface area contributed by atoms with Gasteiger partial charge in [-0.05, 0) is 30.3 Å². The van der Waals surface area contributed by atoms with Gasteiger partial charge in [-0.2, -0.15) is 0 Å². The van der Waals surface area contributed by atoms with Gasteiger partial charge in [0.05, 0.1) is 22.8 Å². The fourth-order valence-corrected chi connectivity index (χ4v) is 2.21.